The maximum absolute atomic E-state index is 12.0. The molecular formula is C16H20N2O5. The molecule has 1 aromatic rings. The van der Waals surface area contributed by atoms with Gasteiger partial charge in [0.15, 0.2) is 6.10 Å². The van der Waals surface area contributed by atoms with Gasteiger partial charge in [-0.25, -0.2) is 4.79 Å². The van der Waals surface area contributed by atoms with Crippen LogP contribution in [0.25, 0.3) is 0 Å². The van der Waals surface area contributed by atoms with Crippen LogP contribution in [0.1, 0.15) is 49.4 Å². The zero-order chi connectivity index (χ0) is 16.8. The number of hydrogen-bond donors (Lipinski definition) is 1. The summed E-state index contributed by atoms with van der Waals surface area (Å²) in [6.45, 7) is 1.52. The van der Waals surface area contributed by atoms with E-state index in [2.05, 4.69) is 5.32 Å². The van der Waals surface area contributed by atoms with Gasteiger partial charge in [-0.1, -0.05) is 19.3 Å². The van der Waals surface area contributed by atoms with Gasteiger partial charge in [0.25, 0.3) is 11.6 Å². The molecule has 2 rings (SSSR count). The number of nitrogens with one attached hydrogen (secondary N) is 1. The standard InChI is InChI=1S/C16H20N2O5/c1-11(15(19)17-13-5-3-2-4-6-13)23-16(20)12-7-9-14(10-8-12)18(21)22/h7-11,13H,2-6H2,1H3,(H,17,19). The summed E-state index contributed by atoms with van der Waals surface area (Å²) in [5.74, 6) is -0.988. The van der Waals surface area contributed by atoms with E-state index in [-0.39, 0.29) is 23.2 Å². The van der Waals surface area contributed by atoms with Crippen molar-refractivity contribution in [2.24, 2.45) is 0 Å². The van der Waals surface area contributed by atoms with Gasteiger partial charge in [0.05, 0.1) is 10.5 Å². The second kappa shape index (κ2) is 7.71. The highest BCUT2D eigenvalue weighted by atomic mass is 16.6. The molecule has 1 aliphatic rings. The Morgan fingerprint density at radius 3 is 2.39 bits per heavy atom. The number of ether oxygens (including phenoxy) is 1. The molecule has 0 spiro atoms. The van der Waals surface area contributed by atoms with Crippen molar-refractivity contribution in [1.82, 2.24) is 5.32 Å². The van der Waals surface area contributed by atoms with Crippen molar-refractivity contribution in [3.8, 4) is 0 Å². The molecule has 124 valence electrons. The number of rotatable bonds is 5. The summed E-state index contributed by atoms with van der Waals surface area (Å²) >= 11 is 0. The third-order valence-electron chi connectivity index (χ3n) is 3.92. The lowest BCUT2D eigenvalue weighted by Crippen LogP contribution is -2.42. The highest BCUT2D eigenvalue weighted by molar-refractivity contribution is 5.92. The van der Waals surface area contributed by atoms with Crippen LogP contribution < -0.4 is 5.32 Å². The molecule has 0 heterocycles. The van der Waals surface area contributed by atoms with Crippen LogP contribution in [0.4, 0.5) is 5.69 Å². The number of hydrogen-bond acceptors (Lipinski definition) is 5. The molecule has 0 bridgehead atoms. The van der Waals surface area contributed by atoms with Gasteiger partial charge in [0, 0.05) is 18.2 Å². The highest BCUT2D eigenvalue weighted by Gasteiger charge is 2.23. The first-order chi connectivity index (χ1) is 11.0. The summed E-state index contributed by atoms with van der Waals surface area (Å²) in [6, 6.07) is 5.22. The summed E-state index contributed by atoms with van der Waals surface area (Å²) in [4.78, 5) is 34.0. The Kier molecular flexibility index (Phi) is 5.67. The van der Waals surface area contributed by atoms with Crippen molar-refractivity contribution >= 4 is 17.6 Å². The van der Waals surface area contributed by atoms with Gasteiger partial charge in [-0.2, -0.15) is 0 Å². The van der Waals surface area contributed by atoms with E-state index in [0.717, 1.165) is 25.7 Å². The average molecular weight is 320 g/mol. The molecule has 0 saturated heterocycles. The second-order valence-corrected chi connectivity index (χ2v) is 5.70. The highest BCUT2D eigenvalue weighted by Crippen LogP contribution is 2.18. The minimum atomic E-state index is -0.903. The lowest BCUT2D eigenvalue weighted by Gasteiger charge is -2.24. The summed E-state index contributed by atoms with van der Waals surface area (Å²) in [5.41, 5.74) is 0.0672. The van der Waals surface area contributed by atoms with Gasteiger partial charge < -0.3 is 10.1 Å². The number of amides is 1. The summed E-state index contributed by atoms with van der Waals surface area (Å²) in [5, 5.41) is 13.5. The monoisotopic (exact) mass is 320 g/mol. The maximum Gasteiger partial charge on any atom is 0.338 e. The SMILES string of the molecule is CC(OC(=O)c1ccc([N+](=O)[O-])cc1)C(=O)NC1CCCCC1. The van der Waals surface area contributed by atoms with E-state index >= 15 is 0 Å². The fraction of sp³-hybridized carbons (Fsp3) is 0.500. The lowest BCUT2D eigenvalue weighted by molar-refractivity contribution is -0.384. The molecule has 1 N–H and O–H groups in total. The van der Waals surface area contributed by atoms with Gasteiger partial charge in [0.1, 0.15) is 0 Å². The Hall–Kier alpha value is -2.44. The molecule has 23 heavy (non-hydrogen) atoms. The molecular weight excluding hydrogens is 300 g/mol. The van der Waals surface area contributed by atoms with Crippen LogP contribution in [0.5, 0.6) is 0 Å². The number of non-ortho nitro benzene ring substituents is 1. The molecule has 7 heteroatoms. The Balaban J connectivity index is 1.87. The van der Waals surface area contributed by atoms with Crippen LogP contribution in [-0.4, -0.2) is 28.9 Å². The fourth-order valence-electron chi connectivity index (χ4n) is 2.57. The first kappa shape index (κ1) is 16.9. The van der Waals surface area contributed by atoms with E-state index in [1.807, 2.05) is 0 Å². The van der Waals surface area contributed by atoms with Crippen molar-refractivity contribution in [2.45, 2.75) is 51.2 Å². The molecule has 7 nitrogen and oxygen atoms in total. The van der Waals surface area contributed by atoms with E-state index in [0.29, 0.717) is 0 Å². The molecule has 0 radical (unpaired) electrons. The topological polar surface area (TPSA) is 98.5 Å². The number of esters is 1. The first-order valence-electron chi connectivity index (χ1n) is 7.73. The zero-order valence-corrected chi connectivity index (χ0v) is 13.0. The predicted octanol–water partition coefficient (Wildman–Crippen LogP) is 2.59. The van der Waals surface area contributed by atoms with Gasteiger partial charge in [-0.15, -0.1) is 0 Å². The Bertz CT molecular complexity index is 579. The van der Waals surface area contributed by atoms with E-state index in [1.165, 1.54) is 37.6 Å². The van der Waals surface area contributed by atoms with Crippen LogP contribution in [0.3, 0.4) is 0 Å². The summed E-state index contributed by atoms with van der Waals surface area (Å²) in [6.07, 6.45) is 4.39. The minimum absolute atomic E-state index is 0.107. The third kappa shape index (κ3) is 4.77. The molecule has 0 aromatic heterocycles. The van der Waals surface area contributed by atoms with E-state index < -0.39 is 17.0 Å². The number of nitro groups is 1. The normalized spacial score (nSPS) is 16.4. The van der Waals surface area contributed by atoms with Gasteiger partial charge in [-0.3, -0.25) is 14.9 Å². The van der Waals surface area contributed by atoms with Crippen molar-refractivity contribution in [1.29, 1.82) is 0 Å². The molecule has 1 amide bonds. The third-order valence-corrected chi connectivity index (χ3v) is 3.92. The summed E-state index contributed by atoms with van der Waals surface area (Å²) in [7, 11) is 0. The van der Waals surface area contributed by atoms with Gasteiger partial charge in [0.2, 0.25) is 0 Å². The number of nitrogens with zero attached hydrogens (tertiary/aromatic N) is 1. The molecule has 1 atom stereocenters. The summed E-state index contributed by atoms with van der Waals surface area (Å²) < 4.78 is 5.12. The largest absolute Gasteiger partial charge is 0.449 e. The Morgan fingerprint density at radius 1 is 1.22 bits per heavy atom. The molecule has 1 fully saturated rings. The van der Waals surface area contributed by atoms with E-state index in [4.69, 9.17) is 4.74 Å². The lowest BCUT2D eigenvalue weighted by atomic mass is 9.95. The fourth-order valence-corrected chi connectivity index (χ4v) is 2.57. The van der Waals surface area contributed by atoms with Crippen molar-refractivity contribution in [3.63, 3.8) is 0 Å². The molecule has 1 unspecified atom stereocenters. The molecule has 1 saturated carbocycles. The van der Waals surface area contributed by atoms with Crippen LogP contribution in [0, 0.1) is 10.1 Å². The number of carbonyl (C=O) groups excluding carboxylic acids is 2. The Labute approximate surface area is 134 Å². The van der Waals surface area contributed by atoms with Crippen LogP contribution >= 0.6 is 0 Å². The van der Waals surface area contributed by atoms with E-state index in [9.17, 15) is 19.7 Å². The smallest absolute Gasteiger partial charge is 0.338 e. The number of carbonyl (C=O) groups is 2. The molecule has 1 aliphatic carbocycles. The quantitative estimate of drug-likeness (QED) is 0.511. The van der Waals surface area contributed by atoms with E-state index in [1.54, 1.807) is 0 Å². The van der Waals surface area contributed by atoms with Crippen LogP contribution in [-0.2, 0) is 9.53 Å². The second-order valence-electron chi connectivity index (χ2n) is 5.70. The Morgan fingerprint density at radius 2 is 1.83 bits per heavy atom. The van der Waals surface area contributed by atoms with Crippen LogP contribution in [0.15, 0.2) is 24.3 Å². The predicted molar refractivity (Wildman–Crippen MR) is 83.0 cm³/mol. The number of benzene rings is 1. The maximum atomic E-state index is 12.0. The minimum Gasteiger partial charge on any atom is -0.449 e. The number of nitro benzene ring substituents is 1. The van der Waals surface area contributed by atoms with Crippen LogP contribution in [0.2, 0.25) is 0 Å². The van der Waals surface area contributed by atoms with Crippen molar-refractivity contribution < 1.29 is 19.2 Å². The van der Waals surface area contributed by atoms with Gasteiger partial charge >= 0.3 is 5.97 Å². The van der Waals surface area contributed by atoms with Crippen molar-refractivity contribution in [2.75, 3.05) is 0 Å². The molecule has 0 aliphatic heterocycles. The van der Waals surface area contributed by atoms with Gasteiger partial charge in [-0.05, 0) is 31.9 Å². The molecule has 1 aromatic carbocycles. The first-order valence-corrected chi connectivity index (χ1v) is 7.73. The van der Waals surface area contributed by atoms with Crippen molar-refractivity contribution in [3.05, 3.63) is 39.9 Å². The zero-order valence-electron chi connectivity index (χ0n) is 13.0. The average Bonchev–Trinajstić information content (AvgIpc) is 2.55.